The summed E-state index contributed by atoms with van der Waals surface area (Å²) in [5, 5.41) is 19.6. The maximum absolute atomic E-state index is 12.7. The van der Waals surface area contributed by atoms with Crippen LogP contribution < -0.4 is 10.5 Å². The third kappa shape index (κ3) is 4.73. The van der Waals surface area contributed by atoms with Crippen LogP contribution in [0, 0.1) is 18.3 Å². The number of pyridine rings is 1. The molecule has 1 aromatic heterocycles. The average Bonchev–Trinajstić information content (AvgIpc) is 2.66. The smallest absolute Gasteiger partial charge is 0.339 e. The molecule has 0 saturated heterocycles. The van der Waals surface area contributed by atoms with Crippen molar-refractivity contribution in [2.45, 2.75) is 59.0 Å². The second kappa shape index (κ2) is 8.60. The van der Waals surface area contributed by atoms with E-state index in [0.29, 0.717) is 41.6 Å². The first-order chi connectivity index (χ1) is 14.1. The highest BCUT2D eigenvalue weighted by Crippen LogP contribution is 2.35. The Labute approximate surface area is 176 Å². The van der Waals surface area contributed by atoms with Crippen LogP contribution in [0.3, 0.4) is 0 Å². The molecule has 7 heteroatoms. The molecular formula is C23H30N2O5. The van der Waals surface area contributed by atoms with Gasteiger partial charge in [-0.15, -0.1) is 0 Å². The van der Waals surface area contributed by atoms with Gasteiger partial charge in [0.1, 0.15) is 17.1 Å². The Morgan fingerprint density at radius 2 is 1.90 bits per heavy atom. The summed E-state index contributed by atoms with van der Waals surface area (Å²) >= 11 is 0. The van der Waals surface area contributed by atoms with E-state index in [2.05, 4.69) is 4.98 Å². The van der Waals surface area contributed by atoms with Gasteiger partial charge in [-0.1, -0.05) is 19.9 Å². The van der Waals surface area contributed by atoms with Crippen LogP contribution in [-0.4, -0.2) is 39.7 Å². The second-order valence-electron chi connectivity index (χ2n) is 9.04. The molecule has 2 aromatic rings. The highest BCUT2D eigenvalue weighted by atomic mass is 16.5. The molecule has 4 N–H and O–H groups in total. The standard InChI is InChI=1S/C23H30N2O5/c1-13-19(22(28)29)21(24)20-16(25-13)5-4-6-18(20)30-12-23(2,3)11-17(27)14-7-9-15(26)10-8-14/h4-6,14-15,26H,7-12H2,1-3H3,(H2,24,25)(H,28,29). The lowest BCUT2D eigenvalue weighted by Crippen LogP contribution is -2.30. The molecular weight excluding hydrogens is 384 g/mol. The Hall–Kier alpha value is -2.67. The summed E-state index contributed by atoms with van der Waals surface area (Å²) in [5.41, 5.74) is 6.81. The van der Waals surface area contributed by atoms with Gasteiger partial charge in [0.05, 0.1) is 35.0 Å². The number of carboxylic acids is 1. The van der Waals surface area contributed by atoms with Crippen molar-refractivity contribution in [3.05, 3.63) is 29.5 Å². The van der Waals surface area contributed by atoms with E-state index in [1.165, 1.54) is 0 Å². The number of ketones is 1. The van der Waals surface area contributed by atoms with Crippen molar-refractivity contribution in [3.63, 3.8) is 0 Å². The van der Waals surface area contributed by atoms with Crippen molar-refractivity contribution in [3.8, 4) is 5.75 Å². The fourth-order valence-electron chi connectivity index (χ4n) is 4.17. The van der Waals surface area contributed by atoms with E-state index in [0.717, 1.165) is 12.8 Å². The molecule has 1 fully saturated rings. The molecule has 1 saturated carbocycles. The summed E-state index contributed by atoms with van der Waals surface area (Å²) in [6.07, 6.45) is 2.93. The van der Waals surface area contributed by atoms with E-state index in [-0.39, 0.29) is 35.7 Å². The van der Waals surface area contributed by atoms with Gasteiger partial charge in [-0.2, -0.15) is 0 Å². The van der Waals surface area contributed by atoms with E-state index >= 15 is 0 Å². The Kier molecular flexibility index (Phi) is 6.31. The quantitative estimate of drug-likeness (QED) is 0.630. The lowest BCUT2D eigenvalue weighted by molar-refractivity contribution is -0.126. The van der Waals surface area contributed by atoms with E-state index in [9.17, 15) is 19.8 Å². The molecule has 1 aromatic carbocycles. The number of Topliss-reactive ketones (excluding diaryl/α,β-unsaturated/α-hetero) is 1. The minimum atomic E-state index is -1.13. The molecule has 1 aliphatic carbocycles. The number of anilines is 1. The first kappa shape index (κ1) is 22.0. The van der Waals surface area contributed by atoms with Crippen molar-refractivity contribution in [1.29, 1.82) is 0 Å². The maximum Gasteiger partial charge on any atom is 0.339 e. The number of hydrogen-bond donors (Lipinski definition) is 3. The zero-order valence-corrected chi connectivity index (χ0v) is 17.8. The van der Waals surface area contributed by atoms with Crippen molar-refractivity contribution >= 4 is 28.3 Å². The van der Waals surface area contributed by atoms with E-state index in [1.807, 2.05) is 13.8 Å². The molecule has 0 radical (unpaired) electrons. The Morgan fingerprint density at radius 1 is 1.23 bits per heavy atom. The Bertz CT molecular complexity index is 962. The van der Waals surface area contributed by atoms with Gasteiger partial charge in [0, 0.05) is 17.8 Å². The molecule has 0 bridgehead atoms. The first-order valence-corrected chi connectivity index (χ1v) is 10.3. The third-order valence-corrected chi connectivity index (χ3v) is 5.83. The first-order valence-electron chi connectivity index (χ1n) is 10.3. The van der Waals surface area contributed by atoms with Gasteiger partial charge < -0.3 is 20.7 Å². The molecule has 7 nitrogen and oxygen atoms in total. The van der Waals surface area contributed by atoms with Gasteiger partial charge >= 0.3 is 5.97 Å². The van der Waals surface area contributed by atoms with Gasteiger partial charge in [-0.25, -0.2) is 4.79 Å². The number of nitrogens with two attached hydrogens (primary N) is 1. The predicted molar refractivity (Wildman–Crippen MR) is 115 cm³/mol. The monoisotopic (exact) mass is 414 g/mol. The number of fused-ring (bicyclic) bond motifs is 1. The molecule has 0 amide bonds. The van der Waals surface area contributed by atoms with Crippen molar-refractivity contribution in [2.75, 3.05) is 12.3 Å². The minimum absolute atomic E-state index is 0.00572. The summed E-state index contributed by atoms with van der Waals surface area (Å²) in [4.78, 5) is 28.7. The number of rotatable bonds is 7. The van der Waals surface area contributed by atoms with Crippen LogP contribution in [0.25, 0.3) is 10.9 Å². The number of nitrogen functional groups attached to an aromatic ring is 1. The van der Waals surface area contributed by atoms with Crippen LogP contribution in [0.4, 0.5) is 5.69 Å². The van der Waals surface area contributed by atoms with E-state index in [4.69, 9.17) is 10.5 Å². The number of carbonyl (C=O) groups is 2. The fourth-order valence-corrected chi connectivity index (χ4v) is 4.17. The van der Waals surface area contributed by atoms with Crippen LogP contribution in [0.1, 0.15) is 62.0 Å². The lowest BCUT2D eigenvalue weighted by Gasteiger charge is -2.29. The van der Waals surface area contributed by atoms with Crippen molar-refractivity contribution in [1.82, 2.24) is 4.98 Å². The average molecular weight is 415 g/mol. The van der Waals surface area contributed by atoms with Crippen molar-refractivity contribution in [2.24, 2.45) is 11.3 Å². The zero-order chi connectivity index (χ0) is 22.1. The van der Waals surface area contributed by atoms with Gasteiger partial charge in [-0.3, -0.25) is 9.78 Å². The van der Waals surface area contributed by atoms with Gasteiger partial charge in [0.25, 0.3) is 0 Å². The molecule has 0 aliphatic heterocycles. The summed E-state index contributed by atoms with van der Waals surface area (Å²) in [7, 11) is 0. The molecule has 162 valence electrons. The molecule has 1 heterocycles. The highest BCUT2D eigenvalue weighted by molar-refractivity contribution is 6.06. The summed E-state index contributed by atoms with van der Waals surface area (Å²) < 4.78 is 6.04. The molecule has 30 heavy (non-hydrogen) atoms. The number of carboxylic acid groups (broad SMARTS) is 1. The third-order valence-electron chi connectivity index (χ3n) is 5.83. The second-order valence-corrected chi connectivity index (χ2v) is 9.04. The summed E-state index contributed by atoms with van der Waals surface area (Å²) in [5.74, 6) is -0.455. The van der Waals surface area contributed by atoms with Gasteiger partial charge in [0.15, 0.2) is 0 Å². The van der Waals surface area contributed by atoms with Gasteiger partial charge in [-0.05, 0) is 44.7 Å². The van der Waals surface area contributed by atoms with Crippen LogP contribution in [0.5, 0.6) is 5.75 Å². The van der Waals surface area contributed by atoms with Crippen LogP contribution in [-0.2, 0) is 4.79 Å². The number of aliphatic hydroxyl groups excluding tert-OH is 1. The molecule has 1 aliphatic rings. The SMILES string of the molecule is Cc1nc2cccc(OCC(C)(C)CC(=O)C3CCC(O)CC3)c2c(N)c1C(=O)O. The molecule has 0 atom stereocenters. The maximum atomic E-state index is 12.7. The van der Waals surface area contributed by atoms with E-state index in [1.54, 1.807) is 25.1 Å². The number of benzene rings is 1. The number of aromatic carboxylic acids is 1. The van der Waals surface area contributed by atoms with Gasteiger partial charge in [0.2, 0.25) is 0 Å². The number of aromatic nitrogens is 1. The van der Waals surface area contributed by atoms with Crippen LogP contribution in [0.2, 0.25) is 0 Å². The zero-order valence-electron chi connectivity index (χ0n) is 17.8. The molecule has 3 rings (SSSR count). The highest BCUT2D eigenvalue weighted by Gasteiger charge is 2.30. The largest absolute Gasteiger partial charge is 0.492 e. The number of ether oxygens (including phenoxy) is 1. The number of aryl methyl sites for hydroxylation is 1. The number of aliphatic hydroxyl groups is 1. The van der Waals surface area contributed by atoms with Crippen molar-refractivity contribution < 1.29 is 24.5 Å². The number of hydrogen-bond acceptors (Lipinski definition) is 6. The molecule has 0 spiro atoms. The summed E-state index contributed by atoms with van der Waals surface area (Å²) in [6, 6.07) is 5.29. The Balaban J connectivity index is 1.76. The topological polar surface area (TPSA) is 123 Å². The van der Waals surface area contributed by atoms with E-state index < -0.39 is 11.4 Å². The molecule has 0 unspecified atom stereocenters. The summed E-state index contributed by atoms with van der Waals surface area (Å²) in [6.45, 7) is 5.85. The lowest BCUT2D eigenvalue weighted by atomic mass is 9.78. The fraction of sp³-hybridized carbons (Fsp3) is 0.522. The van der Waals surface area contributed by atoms with Crippen LogP contribution in [0.15, 0.2) is 18.2 Å². The normalized spacial score (nSPS) is 19.6. The number of nitrogens with zero attached hydrogens (tertiary/aromatic N) is 1. The van der Waals surface area contributed by atoms with Crippen LogP contribution >= 0.6 is 0 Å². The number of carbonyl (C=O) groups excluding carboxylic acids is 1. The predicted octanol–water partition coefficient (Wildman–Crippen LogP) is 3.74. The Morgan fingerprint density at radius 3 is 2.53 bits per heavy atom. The minimum Gasteiger partial charge on any atom is -0.492 e.